The minimum absolute atomic E-state index is 0.0605. The van der Waals surface area contributed by atoms with Crippen LogP contribution in [0.5, 0.6) is 0 Å². The van der Waals surface area contributed by atoms with Gasteiger partial charge in [-0.1, -0.05) is 30.0 Å². The summed E-state index contributed by atoms with van der Waals surface area (Å²) in [5.74, 6) is -2.16. The van der Waals surface area contributed by atoms with Gasteiger partial charge in [-0.15, -0.1) is 0 Å². The molecular formula is C21H20F3N3O3S. The van der Waals surface area contributed by atoms with Gasteiger partial charge in [0.2, 0.25) is 5.82 Å². The molecule has 1 N–H and O–H groups in total. The number of para-hydroxylation sites is 1. The summed E-state index contributed by atoms with van der Waals surface area (Å²) in [5.41, 5.74) is 1.58. The second kappa shape index (κ2) is 8.70. The fourth-order valence-corrected chi connectivity index (χ4v) is 4.19. The van der Waals surface area contributed by atoms with Gasteiger partial charge in [0.25, 0.3) is 0 Å². The second-order valence-electron chi connectivity index (χ2n) is 6.84. The maximum atomic E-state index is 13.2. The summed E-state index contributed by atoms with van der Waals surface area (Å²) >= 11 is 0.912. The fraction of sp³-hybridized carbons (Fsp3) is 0.333. The van der Waals surface area contributed by atoms with Gasteiger partial charge in [-0.2, -0.15) is 13.2 Å². The molecule has 0 unspecified atom stereocenters. The van der Waals surface area contributed by atoms with E-state index in [1.54, 1.807) is 45.9 Å². The zero-order valence-corrected chi connectivity index (χ0v) is 18.1. The predicted molar refractivity (Wildman–Crippen MR) is 110 cm³/mol. The summed E-state index contributed by atoms with van der Waals surface area (Å²) in [6, 6.07) is 6.32. The van der Waals surface area contributed by atoms with Crippen LogP contribution in [-0.4, -0.2) is 38.6 Å². The molecule has 0 aliphatic carbocycles. The molecule has 0 saturated heterocycles. The van der Waals surface area contributed by atoms with E-state index >= 15 is 0 Å². The molecule has 0 radical (unpaired) electrons. The van der Waals surface area contributed by atoms with E-state index in [4.69, 9.17) is 4.74 Å². The van der Waals surface area contributed by atoms with E-state index in [0.717, 1.165) is 11.8 Å². The van der Waals surface area contributed by atoms with Crippen LogP contribution in [-0.2, 0) is 10.9 Å². The first-order valence-electron chi connectivity index (χ1n) is 9.45. The summed E-state index contributed by atoms with van der Waals surface area (Å²) < 4.78 is 44.8. The molecule has 0 aliphatic rings. The van der Waals surface area contributed by atoms with Gasteiger partial charge in [-0.05, 0) is 39.3 Å². The third-order valence-corrected chi connectivity index (χ3v) is 5.74. The number of nitrogens with zero attached hydrogens (tertiary/aromatic N) is 2. The first-order chi connectivity index (χ1) is 14.5. The van der Waals surface area contributed by atoms with E-state index in [1.165, 1.54) is 6.07 Å². The highest BCUT2D eigenvalue weighted by atomic mass is 32.2. The van der Waals surface area contributed by atoms with Crippen LogP contribution in [0.3, 0.4) is 0 Å². The Morgan fingerprint density at radius 2 is 1.87 bits per heavy atom. The molecule has 0 saturated carbocycles. The van der Waals surface area contributed by atoms with Gasteiger partial charge in [-0.3, -0.25) is 4.79 Å². The van der Waals surface area contributed by atoms with E-state index in [9.17, 15) is 22.8 Å². The number of aromatic nitrogens is 3. The average Bonchev–Trinajstić information content (AvgIpc) is 3.00. The minimum Gasteiger partial charge on any atom is -0.462 e. The molecule has 2 aromatic heterocycles. The van der Waals surface area contributed by atoms with Crippen LogP contribution in [0.1, 0.15) is 51.8 Å². The van der Waals surface area contributed by atoms with Crippen LogP contribution in [0.25, 0.3) is 10.9 Å². The van der Waals surface area contributed by atoms with Gasteiger partial charge in [0, 0.05) is 11.1 Å². The first kappa shape index (κ1) is 22.8. The number of nitrogens with one attached hydrogen (secondary N) is 1. The SMILES string of the molecule is CCOC(=O)c1c(C)[nH]c(C(=O)[C@H](C)Sc2nc(C(F)(F)F)nc3ccccc23)c1C. The number of benzene rings is 1. The van der Waals surface area contributed by atoms with Gasteiger partial charge in [0.15, 0.2) is 5.78 Å². The zero-order chi connectivity index (χ0) is 22.9. The number of aromatic amines is 1. The van der Waals surface area contributed by atoms with Crippen molar-refractivity contribution in [1.29, 1.82) is 0 Å². The van der Waals surface area contributed by atoms with E-state index in [2.05, 4.69) is 15.0 Å². The lowest BCUT2D eigenvalue weighted by atomic mass is 10.1. The smallest absolute Gasteiger partial charge is 0.451 e. The number of ether oxygens (including phenoxy) is 1. The standard InChI is InChI=1S/C21H20F3N3O3S/c1-5-30-19(29)15-10(2)16(25-11(15)3)17(28)12(4)31-18-13-8-6-7-9-14(13)26-20(27-18)21(22,23)24/h6-9,12,25H,5H2,1-4H3/t12-/m0/s1. The summed E-state index contributed by atoms with van der Waals surface area (Å²) in [6.07, 6.45) is -4.71. The number of carbonyl (C=O) groups excluding carboxylic acids is 2. The molecule has 1 atom stereocenters. The summed E-state index contributed by atoms with van der Waals surface area (Å²) in [5, 5.41) is -0.289. The zero-order valence-electron chi connectivity index (χ0n) is 17.3. The number of fused-ring (bicyclic) bond motifs is 1. The van der Waals surface area contributed by atoms with Crippen molar-refractivity contribution in [3.05, 3.63) is 52.6 Å². The van der Waals surface area contributed by atoms with Gasteiger partial charge in [-0.25, -0.2) is 14.8 Å². The summed E-state index contributed by atoms with van der Waals surface area (Å²) in [6.45, 7) is 6.74. The Morgan fingerprint density at radius 1 is 1.19 bits per heavy atom. The molecule has 6 nitrogen and oxygen atoms in total. The highest BCUT2D eigenvalue weighted by molar-refractivity contribution is 8.00. The van der Waals surface area contributed by atoms with Gasteiger partial charge < -0.3 is 9.72 Å². The quantitative estimate of drug-likeness (QED) is 0.242. The van der Waals surface area contributed by atoms with Crippen molar-refractivity contribution in [3.8, 4) is 0 Å². The van der Waals surface area contributed by atoms with Gasteiger partial charge in [0.05, 0.1) is 28.6 Å². The van der Waals surface area contributed by atoms with Crippen LogP contribution in [0.15, 0.2) is 29.3 Å². The molecule has 164 valence electrons. The molecule has 2 heterocycles. The van der Waals surface area contributed by atoms with Crippen molar-refractivity contribution < 1.29 is 27.5 Å². The number of hydrogen-bond donors (Lipinski definition) is 1. The molecule has 0 amide bonds. The lowest BCUT2D eigenvalue weighted by molar-refractivity contribution is -0.145. The lowest BCUT2D eigenvalue weighted by Gasteiger charge is -2.13. The third-order valence-electron chi connectivity index (χ3n) is 4.64. The lowest BCUT2D eigenvalue weighted by Crippen LogP contribution is -2.17. The number of carbonyl (C=O) groups is 2. The number of Topliss-reactive ketones (excluding diaryl/α,β-unsaturated/α-hetero) is 1. The van der Waals surface area contributed by atoms with E-state index in [1.807, 2.05) is 0 Å². The highest BCUT2D eigenvalue weighted by Crippen LogP contribution is 2.34. The van der Waals surface area contributed by atoms with Crippen molar-refractivity contribution in [2.45, 2.75) is 44.1 Å². The number of rotatable bonds is 6. The number of hydrogen-bond acceptors (Lipinski definition) is 6. The molecular weight excluding hydrogens is 431 g/mol. The summed E-state index contributed by atoms with van der Waals surface area (Å²) in [7, 11) is 0. The monoisotopic (exact) mass is 451 g/mol. The Labute approximate surface area is 180 Å². The number of ketones is 1. The fourth-order valence-electron chi connectivity index (χ4n) is 3.19. The van der Waals surface area contributed by atoms with Crippen molar-refractivity contribution in [2.75, 3.05) is 6.61 Å². The molecule has 1 aromatic carbocycles. The third kappa shape index (κ3) is 4.58. The van der Waals surface area contributed by atoms with Crippen LogP contribution >= 0.6 is 11.8 Å². The Kier molecular flexibility index (Phi) is 6.40. The number of alkyl halides is 3. The maximum absolute atomic E-state index is 13.2. The maximum Gasteiger partial charge on any atom is 0.451 e. The number of H-pyrrole nitrogens is 1. The predicted octanol–water partition coefficient (Wildman–Crippen LogP) is 5.13. The Balaban J connectivity index is 1.96. The van der Waals surface area contributed by atoms with E-state index in [0.29, 0.717) is 16.6 Å². The molecule has 0 spiro atoms. The van der Waals surface area contributed by atoms with Crippen molar-refractivity contribution >= 4 is 34.4 Å². The normalized spacial score (nSPS) is 12.7. The van der Waals surface area contributed by atoms with Crippen molar-refractivity contribution in [3.63, 3.8) is 0 Å². The Morgan fingerprint density at radius 3 is 2.52 bits per heavy atom. The molecule has 3 aromatic rings. The van der Waals surface area contributed by atoms with Gasteiger partial charge in [0.1, 0.15) is 5.03 Å². The Hall–Kier alpha value is -2.88. The molecule has 0 aliphatic heterocycles. The van der Waals surface area contributed by atoms with E-state index < -0.39 is 23.2 Å². The van der Waals surface area contributed by atoms with Crippen LogP contribution in [0.2, 0.25) is 0 Å². The minimum atomic E-state index is -4.71. The molecule has 0 bridgehead atoms. The molecule has 10 heteroatoms. The number of esters is 1. The Bertz CT molecular complexity index is 1160. The van der Waals surface area contributed by atoms with Crippen molar-refractivity contribution in [1.82, 2.24) is 15.0 Å². The number of aryl methyl sites for hydroxylation is 1. The van der Waals surface area contributed by atoms with Gasteiger partial charge >= 0.3 is 12.1 Å². The highest BCUT2D eigenvalue weighted by Gasteiger charge is 2.36. The largest absolute Gasteiger partial charge is 0.462 e. The first-order valence-corrected chi connectivity index (χ1v) is 10.3. The van der Waals surface area contributed by atoms with Crippen LogP contribution < -0.4 is 0 Å². The molecule has 0 fully saturated rings. The van der Waals surface area contributed by atoms with E-state index in [-0.39, 0.29) is 34.2 Å². The number of halogens is 3. The van der Waals surface area contributed by atoms with Crippen LogP contribution in [0.4, 0.5) is 13.2 Å². The molecule has 31 heavy (non-hydrogen) atoms. The topological polar surface area (TPSA) is 84.9 Å². The second-order valence-corrected chi connectivity index (χ2v) is 8.17. The van der Waals surface area contributed by atoms with Crippen LogP contribution in [0, 0.1) is 13.8 Å². The summed E-state index contributed by atoms with van der Waals surface area (Å²) in [4.78, 5) is 35.4. The number of thioether (sulfide) groups is 1. The molecule has 3 rings (SSSR count). The average molecular weight is 451 g/mol. The van der Waals surface area contributed by atoms with Crippen molar-refractivity contribution in [2.24, 2.45) is 0 Å².